The molecule has 0 bridgehead atoms. The quantitative estimate of drug-likeness (QED) is 0.757. The number of hydrogen-bond donors (Lipinski definition) is 0. The summed E-state index contributed by atoms with van der Waals surface area (Å²) >= 11 is 0. The molecule has 2 unspecified atom stereocenters. The van der Waals surface area contributed by atoms with Gasteiger partial charge in [0.1, 0.15) is 5.82 Å². The first kappa shape index (κ1) is 11.5. The molecule has 0 N–H and O–H groups in total. The Morgan fingerprint density at radius 1 is 1.44 bits per heavy atom. The molecule has 3 rings (SSSR count). The number of aromatic nitrogens is 1. The van der Waals surface area contributed by atoms with Gasteiger partial charge in [0.15, 0.2) is 0 Å². The van der Waals surface area contributed by atoms with Gasteiger partial charge in [-0.3, -0.25) is 0 Å². The van der Waals surface area contributed by atoms with Crippen LogP contribution in [0.15, 0.2) is 12.1 Å². The van der Waals surface area contributed by atoms with Crippen LogP contribution in [0.3, 0.4) is 0 Å². The molecule has 94 valence electrons. The van der Waals surface area contributed by atoms with Crippen LogP contribution in [0.25, 0.3) is 0 Å². The van der Waals surface area contributed by atoms with E-state index in [0.29, 0.717) is 17.7 Å². The molecule has 0 spiro atoms. The summed E-state index contributed by atoms with van der Waals surface area (Å²) < 4.78 is 5.81. The van der Waals surface area contributed by atoms with Crippen LogP contribution < -0.4 is 4.90 Å². The van der Waals surface area contributed by atoms with E-state index in [9.17, 15) is 0 Å². The average Bonchev–Trinajstić information content (AvgIpc) is 2.85. The Bertz CT molecular complexity index is 494. The fourth-order valence-corrected chi connectivity index (χ4v) is 3.07. The summed E-state index contributed by atoms with van der Waals surface area (Å²) in [7, 11) is 0. The summed E-state index contributed by atoms with van der Waals surface area (Å²) in [6, 6.07) is 6.38. The Morgan fingerprint density at radius 3 is 3.17 bits per heavy atom. The molecule has 1 aliphatic heterocycles. The highest BCUT2D eigenvalue weighted by Gasteiger charge is 2.36. The lowest BCUT2D eigenvalue weighted by atomic mass is 10.1. The Labute approximate surface area is 107 Å². The van der Waals surface area contributed by atoms with E-state index in [0.717, 1.165) is 31.1 Å². The van der Waals surface area contributed by atoms with E-state index >= 15 is 0 Å². The summed E-state index contributed by atoms with van der Waals surface area (Å²) in [6.45, 7) is 3.58. The third kappa shape index (κ3) is 1.95. The smallest absolute Gasteiger partial charge is 0.130 e. The highest BCUT2D eigenvalue weighted by Crippen LogP contribution is 2.32. The minimum Gasteiger partial charge on any atom is -0.374 e. The van der Waals surface area contributed by atoms with Crippen molar-refractivity contribution in [1.29, 1.82) is 5.26 Å². The van der Waals surface area contributed by atoms with Crippen LogP contribution in [-0.2, 0) is 4.74 Å². The highest BCUT2D eigenvalue weighted by atomic mass is 16.5. The van der Waals surface area contributed by atoms with Crippen LogP contribution in [0, 0.1) is 18.3 Å². The SMILES string of the molecule is Cc1cc(C#N)cc(N2CCOC3CCCC32)n1. The number of fused-ring (bicyclic) bond motifs is 1. The van der Waals surface area contributed by atoms with Crippen molar-refractivity contribution in [3.63, 3.8) is 0 Å². The Morgan fingerprint density at radius 2 is 2.33 bits per heavy atom. The van der Waals surface area contributed by atoms with Gasteiger partial charge in [-0.2, -0.15) is 5.26 Å². The second kappa shape index (κ2) is 4.58. The number of nitrogens with zero attached hydrogens (tertiary/aromatic N) is 3. The first-order valence-corrected chi connectivity index (χ1v) is 6.55. The third-order valence-corrected chi connectivity index (χ3v) is 3.85. The van der Waals surface area contributed by atoms with E-state index in [-0.39, 0.29) is 0 Å². The van der Waals surface area contributed by atoms with Gasteiger partial charge in [0.05, 0.1) is 30.4 Å². The zero-order valence-electron chi connectivity index (χ0n) is 10.6. The zero-order chi connectivity index (χ0) is 12.5. The number of hydrogen-bond acceptors (Lipinski definition) is 4. The second-order valence-electron chi connectivity index (χ2n) is 5.07. The molecule has 0 aromatic carbocycles. The van der Waals surface area contributed by atoms with Gasteiger partial charge in [-0.1, -0.05) is 0 Å². The molecule has 0 radical (unpaired) electrons. The van der Waals surface area contributed by atoms with E-state index < -0.39 is 0 Å². The number of anilines is 1. The van der Waals surface area contributed by atoms with Gasteiger partial charge in [0.25, 0.3) is 0 Å². The molecule has 18 heavy (non-hydrogen) atoms. The molecule has 2 fully saturated rings. The maximum Gasteiger partial charge on any atom is 0.130 e. The minimum atomic E-state index is 0.353. The summed E-state index contributed by atoms with van der Waals surface area (Å²) in [4.78, 5) is 6.91. The van der Waals surface area contributed by atoms with E-state index in [1.54, 1.807) is 0 Å². The summed E-state index contributed by atoms with van der Waals surface area (Å²) in [5.74, 6) is 0.937. The van der Waals surface area contributed by atoms with Gasteiger partial charge < -0.3 is 9.64 Å². The van der Waals surface area contributed by atoms with Crippen molar-refractivity contribution in [2.24, 2.45) is 0 Å². The van der Waals surface area contributed by atoms with Crippen molar-refractivity contribution in [3.8, 4) is 6.07 Å². The Balaban J connectivity index is 1.94. The van der Waals surface area contributed by atoms with Crippen molar-refractivity contribution in [3.05, 3.63) is 23.4 Å². The normalized spacial score (nSPS) is 26.8. The van der Waals surface area contributed by atoms with Crippen molar-refractivity contribution in [2.45, 2.75) is 38.3 Å². The van der Waals surface area contributed by atoms with Crippen molar-refractivity contribution < 1.29 is 4.74 Å². The van der Waals surface area contributed by atoms with Gasteiger partial charge in [-0.15, -0.1) is 0 Å². The monoisotopic (exact) mass is 243 g/mol. The van der Waals surface area contributed by atoms with Crippen molar-refractivity contribution in [1.82, 2.24) is 4.98 Å². The summed E-state index contributed by atoms with van der Waals surface area (Å²) in [5, 5.41) is 9.05. The topological polar surface area (TPSA) is 49.2 Å². The van der Waals surface area contributed by atoms with E-state index in [4.69, 9.17) is 10.00 Å². The molecule has 1 aromatic heterocycles. The van der Waals surface area contributed by atoms with Crippen LogP contribution in [0.5, 0.6) is 0 Å². The first-order chi connectivity index (χ1) is 8.78. The van der Waals surface area contributed by atoms with Gasteiger partial charge >= 0.3 is 0 Å². The predicted molar refractivity (Wildman–Crippen MR) is 68.4 cm³/mol. The highest BCUT2D eigenvalue weighted by molar-refractivity contribution is 5.48. The lowest BCUT2D eigenvalue weighted by Crippen LogP contribution is -2.49. The van der Waals surface area contributed by atoms with Crippen LogP contribution in [-0.4, -0.2) is 30.3 Å². The molecule has 4 nitrogen and oxygen atoms in total. The molecular weight excluding hydrogens is 226 g/mol. The van der Waals surface area contributed by atoms with Crippen LogP contribution in [0.2, 0.25) is 0 Å². The predicted octanol–water partition coefficient (Wildman–Crippen LogP) is 2.02. The second-order valence-corrected chi connectivity index (χ2v) is 5.07. The molecule has 4 heteroatoms. The Hall–Kier alpha value is -1.60. The van der Waals surface area contributed by atoms with Crippen LogP contribution in [0.4, 0.5) is 5.82 Å². The molecular formula is C14H17N3O. The van der Waals surface area contributed by atoms with Gasteiger partial charge in [-0.05, 0) is 38.3 Å². The number of ether oxygens (including phenoxy) is 1. The molecule has 1 aromatic rings. The van der Waals surface area contributed by atoms with Crippen molar-refractivity contribution >= 4 is 5.82 Å². The lowest BCUT2D eigenvalue weighted by molar-refractivity contribution is 0.0253. The average molecular weight is 243 g/mol. The molecule has 0 amide bonds. The van der Waals surface area contributed by atoms with Gasteiger partial charge in [0, 0.05) is 12.2 Å². The molecule has 1 saturated carbocycles. The number of nitriles is 1. The third-order valence-electron chi connectivity index (χ3n) is 3.85. The minimum absolute atomic E-state index is 0.353. The van der Waals surface area contributed by atoms with Gasteiger partial charge in [0.2, 0.25) is 0 Å². The van der Waals surface area contributed by atoms with E-state index in [2.05, 4.69) is 16.0 Å². The molecule has 2 atom stereocenters. The van der Waals surface area contributed by atoms with E-state index in [1.807, 2.05) is 19.1 Å². The summed E-state index contributed by atoms with van der Waals surface area (Å²) in [6.07, 6.45) is 3.90. The maximum atomic E-state index is 9.05. The number of aryl methyl sites for hydroxylation is 1. The number of morpholine rings is 1. The molecule has 1 aliphatic carbocycles. The van der Waals surface area contributed by atoms with Crippen LogP contribution >= 0.6 is 0 Å². The standard InChI is InChI=1S/C14H17N3O/c1-10-7-11(9-15)8-14(16-10)17-5-6-18-13-4-2-3-12(13)17/h7-8,12-13H,2-6H2,1H3. The fraction of sp³-hybridized carbons (Fsp3) is 0.571. The Kier molecular flexibility index (Phi) is 2.92. The number of pyridine rings is 1. The molecule has 2 aliphatic rings. The molecule has 2 heterocycles. The van der Waals surface area contributed by atoms with Crippen molar-refractivity contribution in [2.75, 3.05) is 18.1 Å². The zero-order valence-corrected chi connectivity index (χ0v) is 10.6. The number of rotatable bonds is 1. The largest absolute Gasteiger partial charge is 0.374 e. The summed E-state index contributed by atoms with van der Waals surface area (Å²) in [5.41, 5.74) is 1.60. The molecule has 1 saturated heterocycles. The van der Waals surface area contributed by atoms with E-state index in [1.165, 1.54) is 12.8 Å². The fourth-order valence-electron chi connectivity index (χ4n) is 3.07. The van der Waals surface area contributed by atoms with Crippen LogP contribution in [0.1, 0.15) is 30.5 Å². The lowest BCUT2D eigenvalue weighted by Gasteiger charge is -2.38. The maximum absolute atomic E-state index is 9.05. The van der Waals surface area contributed by atoms with Gasteiger partial charge in [-0.25, -0.2) is 4.98 Å². The first-order valence-electron chi connectivity index (χ1n) is 6.55.